The highest BCUT2D eigenvalue weighted by Gasteiger charge is 2.34. The van der Waals surface area contributed by atoms with Gasteiger partial charge in [-0.15, -0.1) is 0 Å². The van der Waals surface area contributed by atoms with Crippen LogP contribution in [-0.4, -0.2) is 41.5 Å². The first-order valence-corrected chi connectivity index (χ1v) is 6.72. The van der Waals surface area contributed by atoms with Crippen molar-refractivity contribution in [1.29, 1.82) is 0 Å². The first-order chi connectivity index (χ1) is 9.54. The zero-order chi connectivity index (χ0) is 14.7. The van der Waals surface area contributed by atoms with E-state index in [0.717, 1.165) is 12.8 Å². The highest BCUT2D eigenvalue weighted by Crippen LogP contribution is 2.24. The number of nitrogens with zero attached hydrogens (tertiary/aromatic N) is 2. The molecule has 1 aromatic rings. The monoisotopic (exact) mass is 297 g/mol. The fourth-order valence-corrected chi connectivity index (χ4v) is 2.51. The molecule has 1 aliphatic rings. The zero-order valence-electron chi connectivity index (χ0n) is 11.1. The van der Waals surface area contributed by atoms with Crippen LogP contribution in [-0.2, 0) is 9.53 Å². The molecule has 0 bridgehead atoms. The second-order valence-electron chi connectivity index (χ2n) is 4.64. The van der Waals surface area contributed by atoms with E-state index in [0.29, 0.717) is 18.7 Å². The Labute approximate surface area is 121 Å². The van der Waals surface area contributed by atoms with Crippen molar-refractivity contribution in [2.75, 3.05) is 19.4 Å². The normalized spacial score (nSPS) is 18.7. The average molecular weight is 298 g/mol. The molecule has 0 saturated carbocycles. The number of carbonyl (C=O) groups excluding carboxylic acids is 2. The molecule has 2 N–H and O–H groups in total. The molecule has 6 nitrogen and oxygen atoms in total. The number of methoxy groups -OCH3 is 1. The van der Waals surface area contributed by atoms with E-state index >= 15 is 0 Å². The van der Waals surface area contributed by atoms with Crippen molar-refractivity contribution >= 4 is 29.2 Å². The lowest BCUT2D eigenvalue weighted by molar-refractivity contribution is -0.147. The van der Waals surface area contributed by atoms with Gasteiger partial charge in [-0.05, 0) is 25.3 Å². The minimum Gasteiger partial charge on any atom is -0.467 e. The van der Waals surface area contributed by atoms with E-state index < -0.39 is 12.0 Å². The second kappa shape index (κ2) is 6.09. The zero-order valence-corrected chi connectivity index (χ0v) is 11.9. The van der Waals surface area contributed by atoms with Gasteiger partial charge in [-0.1, -0.05) is 11.6 Å². The Bertz CT molecular complexity index is 536. The molecule has 0 spiro atoms. The van der Waals surface area contributed by atoms with Crippen LogP contribution in [0.4, 0.5) is 5.69 Å². The predicted octanol–water partition coefficient (Wildman–Crippen LogP) is 1.48. The van der Waals surface area contributed by atoms with Crippen molar-refractivity contribution in [3.05, 3.63) is 23.0 Å². The molecule has 1 amide bonds. The first kappa shape index (κ1) is 14.6. The van der Waals surface area contributed by atoms with E-state index in [1.807, 2.05) is 0 Å². The van der Waals surface area contributed by atoms with E-state index in [2.05, 4.69) is 4.98 Å². The molecule has 0 aliphatic carbocycles. The van der Waals surface area contributed by atoms with Gasteiger partial charge in [-0.2, -0.15) is 0 Å². The number of aromatic nitrogens is 1. The largest absolute Gasteiger partial charge is 0.467 e. The van der Waals surface area contributed by atoms with Crippen LogP contribution >= 0.6 is 11.6 Å². The molecule has 1 fully saturated rings. The van der Waals surface area contributed by atoms with E-state index in [-0.39, 0.29) is 16.6 Å². The number of hydrogen-bond acceptors (Lipinski definition) is 5. The maximum atomic E-state index is 12.5. The van der Waals surface area contributed by atoms with Crippen LogP contribution in [0.2, 0.25) is 5.15 Å². The van der Waals surface area contributed by atoms with Gasteiger partial charge in [0.15, 0.2) is 0 Å². The number of piperidine rings is 1. The molecule has 1 unspecified atom stereocenters. The summed E-state index contributed by atoms with van der Waals surface area (Å²) in [4.78, 5) is 29.7. The number of anilines is 1. The molecular weight excluding hydrogens is 282 g/mol. The number of ether oxygens (including phenoxy) is 1. The van der Waals surface area contributed by atoms with Crippen LogP contribution in [0.15, 0.2) is 12.3 Å². The molecule has 1 aliphatic heterocycles. The molecule has 20 heavy (non-hydrogen) atoms. The van der Waals surface area contributed by atoms with Crippen molar-refractivity contribution in [1.82, 2.24) is 9.88 Å². The minimum atomic E-state index is -0.571. The summed E-state index contributed by atoms with van der Waals surface area (Å²) in [7, 11) is 1.31. The van der Waals surface area contributed by atoms with Gasteiger partial charge in [-0.3, -0.25) is 4.79 Å². The van der Waals surface area contributed by atoms with Crippen LogP contribution < -0.4 is 5.73 Å². The maximum Gasteiger partial charge on any atom is 0.328 e. The van der Waals surface area contributed by atoms with Crippen LogP contribution in [0.3, 0.4) is 0 Å². The molecule has 108 valence electrons. The number of pyridine rings is 1. The van der Waals surface area contributed by atoms with Crippen LogP contribution in [0.1, 0.15) is 29.6 Å². The van der Waals surface area contributed by atoms with Crippen molar-refractivity contribution in [3.8, 4) is 0 Å². The molecule has 1 atom stereocenters. The van der Waals surface area contributed by atoms with Gasteiger partial charge in [0.25, 0.3) is 5.91 Å². The Hall–Kier alpha value is -1.82. The number of nitrogen functional groups attached to an aromatic ring is 1. The van der Waals surface area contributed by atoms with Crippen LogP contribution in [0.5, 0.6) is 0 Å². The third kappa shape index (κ3) is 2.85. The molecule has 2 rings (SSSR count). The number of halogens is 1. The van der Waals surface area contributed by atoms with Crippen LogP contribution in [0, 0.1) is 0 Å². The minimum absolute atomic E-state index is 0.0818. The summed E-state index contributed by atoms with van der Waals surface area (Å²) in [5.74, 6) is -0.754. The molecule has 1 saturated heterocycles. The lowest BCUT2D eigenvalue weighted by Crippen LogP contribution is -2.48. The third-order valence-corrected chi connectivity index (χ3v) is 3.63. The molecule has 7 heteroatoms. The molecule has 0 radical (unpaired) electrons. The summed E-state index contributed by atoms with van der Waals surface area (Å²) in [6.07, 6.45) is 3.69. The molecule has 2 heterocycles. The number of nitrogens with two attached hydrogens (primary N) is 1. The number of carbonyl (C=O) groups is 2. The number of amides is 1. The number of esters is 1. The second-order valence-corrected chi connectivity index (χ2v) is 5.00. The first-order valence-electron chi connectivity index (χ1n) is 6.34. The third-order valence-electron chi connectivity index (χ3n) is 3.33. The summed E-state index contributed by atoms with van der Waals surface area (Å²) in [6.45, 7) is 0.490. The maximum absolute atomic E-state index is 12.5. The van der Waals surface area contributed by atoms with E-state index in [9.17, 15) is 9.59 Å². The van der Waals surface area contributed by atoms with Gasteiger partial charge in [0, 0.05) is 6.54 Å². The summed E-state index contributed by atoms with van der Waals surface area (Å²) >= 11 is 5.94. The Kier molecular flexibility index (Phi) is 4.44. The highest BCUT2D eigenvalue weighted by atomic mass is 35.5. The Balaban J connectivity index is 2.30. The van der Waals surface area contributed by atoms with Gasteiger partial charge >= 0.3 is 5.97 Å². The summed E-state index contributed by atoms with van der Waals surface area (Å²) < 4.78 is 4.75. The van der Waals surface area contributed by atoms with Gasteiger partial charge in [-0.25, -0.2) is 9.78 Å². The van der Waals surface area contributed by atoms with Gasteiger partial charge in [0.05, 0.1) is 24.6 Å². The lowest BCUT2D eigenvalue weighted by Gasteiger charge is -2.33. The fourth-order valence-electron chi connectivity index (χ4n) is 2.32. The molecular formula is C13H16ClN3O3. The number of rotatable bonds is 2. The molecule has 0 aromatic carbocycles. The quantitative estimate of drug-likeness (QED) is 0.660. The van der Waals surface area contributed by atoms with Crippen LogP contribution in [0.25, 0.3) is 0 Å². The Morgan fingerprint density at radius 3 is 2.95 bits per heavy atom. The average Bonchev–Trinajstić information content (AvgIpc) is 2.48. The van der Waals surface area contributed by atoms with Crippen molar-refractivity contribution in [2.24, 2.45) is 0 Å². The smallest absolute Gasteiger partial charge is 0.328 e. The standard InChI is InChI=1S/C13H16ClN3O3/c1-20-13(19)10-4-2-3-5-17(10)12(18)9-6-8(15)7-16-11(9)14/h6-7,10H,2-5,15H2,1H3. The SMILES string of the molecule is COC(=O)C1CCCCN1C(=O)c1cc(N)cnc1Cl. The summed E-state index contributed by atoms with van der Waals surface area (Å²) in [5, 5.41) is 0.0818. The van der Waals surface area contributed by atoms with Gasteiger partial charge in [0.1, 0.15) is 11.2 Å². The summed E-state index contributed by atoms with van der Waals surface area (Å²) in [5.41, 5.74) is 6.19. The Morgan fingerprint density at radius 2 is 2.25 bits per heavy atom. The highest BCUT2D eigenvalue weighted by molar-refractivity contribution is 6.32. The van der Waals surface area contributed by atoms with E-state index in [1.165, 1.54) is 24.3 Å². The Morgan fingerprint density at radius 1 is 1.50 bits per heavy atom. The molecule has 1 aromatic heterocycles. The van der Waals surface area contributed by atoms with Crippen molar-refractivity contribution in [2.45, 2.75) is 25.3 Å². The van der Waals surface area contributed by atoms with E-state index in [1.54, 1.807) is 0 Å². The summed E-state index contributed by atoms with van der Waals surface area (Å²) in [6, 6.07) is 0.902. The van der Waals surface area contributed by atoms with Crippen molar-refractivity contribution in [3.63, 3.8) is 0 Å². The topological polar surface area (TPSA) is 85.5 Å². The van der Waals surface area contributed by atoms with Gasteiger partial charge in [0.2, 0.25) is 0 Å². The van der Waals surface area contributed by atoms with Gasteiger partial charge < -0.3 is 15.4 Å². The van der Waals surface area contributed by atoms with E-state index in [4.69, 9.17) is 22.1 Å². The number of likely N-dealkylation sites (tertiary alicyclic amines) is 1. The fraction of sp³-hybridized carbons (Fsp3) is 0.462. The lowest BCUT2D eigenvalue weighted by atomic mass is 10.0. The number of hydrogen-bond donors (Lipinski definition) is 1. The predicted molar refractivity (Wildman–Crippen MR) is 74.4 cm³/mol. The van der Waals surface area contributed by atoms with Crippen molar-refractivity contribution < 1.29 is 14.3 Å².